The first-order valence-corrected chi connectivity index (χ1v) is 7.46. The summed E-state index contributed by atoms with van der Waals surface area (Å²) in [5.74, 6) is 0.0426. The molecular weight excluding hydrogens is 314 g/mol. The Labute approximate surface area is 121 Å². The predicted molar refractivity (Wildman–Crippen MR) is 78.1 cm³/mol. The van der Waals surface area contributed by atoms with Crippen molar-refractivity contribution in [3.05, 3.63) is 33.3 Å². The summed E-state index contributed by atoms with van der Waals surface area (Å²) in [6.45, 7) is 4.22. The van der Waals surface area contributed by atoms with Gasteiger partial charge in [0.2, 0.25) is 0 Å². The highest BCUT2D eigenvalue weighted by molar-refractivity contribution is 9.10. The van der Waals surface area contributed by atoms with Gasteiger partial charge in [0.15, 0.2) is 0 Å². The molecular formula is C14H17BrClNO. The van der Waals surface area contributed by atoms with Gasteiger partial charge in [-0.1, -0.05) is 17.7 Å². The Hall–Kier alpha value is -0.540. The second-order valence-electron chi connectivity index (χ2n) is 4.94. The summed E-state index contributed by atoms with van der Waals surface area (Å²) in [7, 11) is 0. The summed E-state index contributed by atoms with van der Waals surface area (Å²) < 4.78 is 0.771. The largest absolute Gasteiger partial charge is 0.333 e. The number of carbonyl (C=O) groups excluding carboxylic acids is 1. The van der Waals surface area contributed by atoms with E-state index in [1.165, 1.54) is 6.42 Å². The predicted octanol–water partition coefficient (Wildman–Crippen LogP) is 4.51. The van der Waals surface area contributed by atoms with Gasteiger partial charge in [-0.15, -0.1) is 0 Å². The van der Waals surface area contributed by atoms with Crippen LogP contribution in [0.1, 0.15) is 43.5 Å². The molecule has 1 fully saturated rings. The van der Waals surface area contributed by atoms with E-state index in [4.69, 9.17) is 11.6 Å². The molecule has 1 aliphatic rings. The molecule has 18 heavy (non-hydrogen) atoms. The van der Waals surface area contributed by atoms with Gasteiger partial charge in [-0.2, -0.15) is 0 Å². The van der Waals surface area contributed by atoms with E-state index in [0.717, 1.165) is 17.3 Å². The van der Waals surface area contributed by atoms with Crippen molar-refractivity contribution in [2.45, 2.75) is 45.2 Å². The fourth-order valence-electron chi connectivity index (χ4n) is 2.63. The van der Waals surface area contributed by atoms with Gasteiger partial charge in [0, 0.05) is 16.6 Å². The molecule has 0 aromatic heterocycles. The number of piperidine rings is 1. The lowest BCUT2D eigenvalue weighted by atomic mass is 9.96. The zero-order chi connectivity index (χ0) is 13.3. The molecule has 1 saturated heterocycles. The Kier molecular flexibility index (Phi) is 4.33. The van der Waals surface area contributed by atoms with Crippen LogP contribution in [0.3, 0.4) is 0 Å². The van der Waals surface area contributed by atoms with Crippen LogP contribution in [-0.2, 0) is 0 Å². The van der Waals surface area contributed by atoms with Crippen molar-refractivity contribution in [2.24, 2.45) is 0 Å². The van der Waals surface area contributed by atoms with Crippen LogP contribution >= 0.6 is 27.5 Å². The molecule has 0 spiro atoms. The third-order valence-corrected chi connectivity index (χ3v) is 4.91. The lowest BCUT2D eigenvalue weighted by Crippen LogP contribution is -2.47. The lowest BCUT2D eigenvalue weighted by molar-refractivity contribution is 0.0511. The molecule has 98 valence electrons. The average Bonchev–Trinajstić information content (AvgIpc) is 2.32. The van der Waals surface area contributed by atoms with Crippen LogP contribution in [0.15, 0.2) is 22.7 Å². The summed E-state index contributed by atoms with van der Waals surface area (Å²) in [5.41, 5.74) is 0.589. The fraction of sp³-hybridized carbons (Fsp3) is 0.500. The van der Waals surface area contributed by atoms with Gasteiger partial charge in [-0.3, -0.25) is 4.79 Å². The van der Waals surface area contributed by atoms with Gasteiger partial charge in [-0.25, -0.2) is 0 Å². The molecule has 4 heteroatoms. The van der Waals surface area contributed by atoms with E-state index in [0.29, 0.717) is 10.6 Å². The number of hydrogen-bond acceptors (Lipinski definition) is 1. The quantitative estimate of drug-likeness (QED) is 0.742. The van der Waals surface area contributed by atoms with E-state index in [1.54, 1.807) is 6.07 Å². The highest BCUT2D eigenvalue weighted by atomic mass is 79.9. The van der Waals surface area contributed by atoms with Gasteiger partial charge in [0.05, 0.1) is 10.6 Å². The van der Waals surface area contributed by atoms with Gasteiger partial charge >= 0.3 is 0 Å². The maximum atomic E-state index is 12.6. The van der Waals surface area contributed by atoms with Crippen molar-refractivity contribution < 1.29 is 4.79 Å². The molecule has 0 saturated carbocycles. The minimum absolute atomic E-state index is 0.0426. The molecule has 1 aromatic carbocycles. The number of nitrogens with zero attached hydrogens (tertiary/aromatic N) is 1. The number of amides is 1. The number of rotatable bonds is 1. The maximum Gasteiger partial charge on any atom is 0.255 e. The van der Waals surface area contributed by atoms with Gasteiger partial charge in [-0.05, 0) is 61.2 Å². The van der Waals surface area contributed by atoms with Crippen LogP contribution in [0.25, 0.3) is 0 Å². The monoisotopic (exact) mass is 329 g/mol. The Bertz CT molecular complexity index is 453. The van der Waals surface area contributed by atoms with Crippen LogP contribution < -0.4 is 0 Å². The minimum Gasteiger partial charge on any atom is -0.333 e. The van der Waals surface area contributed by atoms with Crippen molar-refractivity contribution in [3.63, 3.8) is 0 Å². The summed E-state index contributed by atoms with van der Waals surface area (Å²) in [6.07, 6.45) is 3.34. The molecule has 0 radical (unpaired) electrons. The second-order valence-corrected chi connectivity index (χ2v) is 6.18. The third kappa shape index (κ3) is 2.57. The average molecular weight is 331 g/mol. The zero-order valence-corrected chi connectivity index (χ0v) is 13.0. The SMILES string of the molecule is C[C@@H]1CCC[C@H](C)N1C(=O)c1cccc(Br)c1Cl. The molecule has 0 aliphatic carbocycles. The number of hydrogen-bond donors (Lipinski definition) is 0. The minimum atomic E-state index is 0.0426. The van der Waals surface area contributed by atoms with Crippen molar-refractivity contribution >= 4 is 33.4 Å². The van der Waals surface area contributed by atoms with E-state index in [9.17, 15) is 4.79 Å². The number of likely N-dealkylation sites (tertiary alicyclic amines) is 1. The van der Waals surface area contributed by atoms with Crippen molar-refractivity contribution in [3.8, 4) is 0 Å². The maximum absolute atomic E-state index is 12.6. The highest BCUT2D eigenvalue weighted by Crippen LogP contribution is 2.30. The number of carbonyl (C=O) groups is 1. The van der Waals surface area contributed by atoms with Crippen LogP contribution in [0.5, 0.6) is 0 Å². The van der Waals surface area contributed by atoms with Crippen molar-refractivity contribution in [1.82, 2.24) is 4.90 Å². The highest BCUT2D eigenvalue weighted by Gasteiger charge is 2.30. The molecule has 1 aromatic rings. The molecule has 0 bridgehead atoms. The van der Waals surface area contributed by atoms with E-state index in [-0.39, 0.29) is 18.0 Å². The molecule has 2 atom stereocenters. The first-order chi connectivity index (χ1) is 8.52. The Morgan fingerprint density at radius 2 is 1.94 bits per heavy atom. The topological polar surface area (TPSA) is 20.3 Å². The zero-order valence-electron chi connectivity index (χ0n) is 10.6. The fourth-order valence-corrected chi connectivity index (χ4v) is 3.20. The second kappa shape index (κ2) is 5.62. The van der Waals surface area contributed by atoms with Crippen molar-refractivity contribution in [1.29, 1.82) is 0 Å². The summed E-state index contributed by atoms with van der Waals surface area (Å²) in [4.78, 5) is 14.6. The van der Waals surface area contributed by atoms with E-state index in [2.05, 4.69) is 29.8 Å². The van der Waals surface area contributed by atoms with Crippen LogP contribution in [0.4, 0.5) is 0 Å². The molecule has 0 N–H and O–H groups in total. The summed E-state index contributed by atoms with van der Waals surface area (Å²) >= 11 is 9.57. The lowest BCUT2D eigenvalue weighted by Gasteiger charge is -2.39. The van der Waals surface area contributed by atoms with Crippen LogP contribution in [0, 0.1) is 0 Å². The molecule has 1 aliphatic heterocycles. The standard InChI is InChI=1S/C14H17BrClNO/c1-9-5-3-6-10(2)17(9)14(18)11-7-4-8-12(15)13(11)16/h4,7-10H,3,5-6H2,1-2H3/t9-,10+. The molecule has 1 amide bonds. The van der Waals surface area contributed by atoms with E-state index >= 15 is 0 Å². The van der Waals surface area contributed by atoms with Gasteiger partial charge in [0.1, 0.15) is 0 Å². The Morgan fingerprint density at radius 1 is 1.33 bits per heavy atom. The first kappa shape index (κ1) is 13.9. The Balaban J connectivity index is 2.32. The smallest absolute Gasteiger partial charge is 0.255 e. The summed E-state index contributed by atoms with van der Waals surface area (Å²) in [6, 6.07) is 6.07. The van der Waals surface area contributed by atoms with Gasteiger partial charge < -0.3 is 4.90 Å². The molecule has 2 nitrogen and oxygen atoms in total. The molecule has 0 unspecified atom stereocenters. The number of benzene rings is 1. The molecule has 1 heterocycles. The third-order valence-electron chi connectivity index (χ3n) is 3.61. The normalized spacial score (nSPS) is 24.1. The Morgan fingerprint density at radius 3 is 2.56 bits per heavy atom. The van der Waals surface area contributed by atoms with E-state index < -0.39 is 0 Å². The molecule has 2 rings (SSSR count). The summed E-state index contributed by atoms with van der Waals surface area (Å²) in [5, 5.41) is 0.507. The van der Waals surface area contributed by atoms with Crippen LogP contribution in [-0.4, -0.2) is 22.9 Å². The van der Waals surface area contributed by atoms with Gasteiger partial charge in [0.25, 0.3) is 5.91 Å². The van der Waals surface area contributed by atoms with E-state index in [1.807, 2.05) is 17.0 Å². The van der Waals surface area contributed by atoms with Crippen molar-refractivity contribution in [2.75, 3.05) is 0 Å². The first-order valence-electron chi connectivity index (χ1n) is 6.29. The number of halogens is 2. The van der Waals surface area contributed by atoms with Crippen LogP contribution in [0.2, 0.25) is 5.02 Å².